The maximum atomic E-state index is 11.9. The van der Waals surface area contributed by atoms with Gasteiger partial charge in [0.05, 0.1) is 0 Å². The zero-order chi connectivity index (χ0) is 13.3. The average Bonchev–Trinajstić information content (AvgIpc) is 2.57. The van der Waals surface area contributed by atoms with Crippen LogP contribution in [0.2, 0.25) is 0 Å². The van der Waals surface area contributed by atoms with Crippen molar-refractivity contribution in [2.75, 3.05) is 5.32 Å². The highest BCUT2D eigenvalue weighted by Gasteiger charge is 2.15. The van der Waals surface area contributed by atoms with Gasteiger partial charge >= 0.3 is 0 Å². The molecular weight excluding hydrogens is 224 g/mol. The zero-order valence-corrected chi connectivity index (χ0v) is 11.4. The number of aromatic nitrogens is 1. The van der Waals surface area contributed by atoms with Gasteiger partial charge in [-0.1, -0.05) is 20.8 Å². The first-order valence-corrected chi connectivity index (χ1v) is 6.20. The van der Waals surface area contributed by atoms with E-state index in [0.29, 0.717) is 6.42 Å². The first-order chi connectivity index (χ1) is 8.35. The van der Waals surface area contributed by atoms with Crippen molar-refractivity contribution in [2.24, 2.45) is 12.5 Å². The van der Waals surface area contributed by atoms with Crippen LogP contribution in [0.15, 0.2) is 30.5 Å². The lowest BCUT2D eigenvalue weighted by Gasteiger charge is -2.17. The molecule has 0 radical (unpaired) electrons. The summed E-state index contributed by atoms with van der Waals surface area (Å²) >= 11 is 0. The molecule has 0 aliphatic heterocycles. The molecule has 2 rings (SSSR count). The van der Waals surface area contributed by atoms with Crippen molar-refractivity contribution in [1.29, 1.82) is 0 Å². The normalized spacial score (nSPS) is 11.8. The highest BCUT2D eigenvalue weighted by atomic mass is 16.1. The lowest BCUT2D eigenvalue weighted by Crippen LogP contribution is -2.19. The maximum Gasteiger partial charge on any atom is 0.224 e. The monoisotopic (exact) mass is 244 g/mol. The van der Waals surface area contributed by atoms with Crippen LogP contribution in [-0.4, -0.2) is 10.5 Å². The van der Waals surface area contributed by atoms with Crippen LogP contribution < -0.4 is 5.32 Å². The van der Waals surface area contributed by atoms with Crippen LogP contribution in [0, 0.1) is 5.41 Å². The Morgan fingerprint density at radius 2 is 2.00 bits per heavy atom. The van der Waals surface area contributed by atoms with Crippen molar-refractivity contribution in [2.45, 2.75) is 27.2 Å². The Balaban J connectivity index is 2.15. The average molecular weight is 244 g/mol. The molecule has 18 heavy (non-hydrogen) atoms. The molecular formula is C15H20N2O. The molecule has 1 N–H and O–H groups in total. The highest BCUT2D eigenvalue weighted by Crippen LogP contribution is 2.22. The molecule has 0 saturated heterocycles. The number of anilines is 1. The van der Waals surface area contributed by atoms with Gasteiger partial charge in [-0.05, 0) is 29.7 Å². The molecule has 0 aliphatic carbocycles. The summed E-state index contributed by atoms with van der Waals surface area (Å²) < 4.78 is 2.07. The Labute approximate surface area is 108 Å². The smallest absolute Gasteiger partial charge is 0.224 e. The number of rotatable bonds is 2. The number of fused-ring (bicyclic) bond motifs is 1. The summed E-state index contributed by atoms with van der Waals surface area (Å²) in [5, 5.41) is 4.10. The lowest BCUT2D eigenvalue weighted by atomic mass is 9.92. The molecule has 3 nitrogen and oxygen atoms in total. The number of carbonyl (C=O) groups is 1. The molecule has 0 saturated carbocycles. The fraction of sp³-hybridized carbons (Fsp3) is 0.400. The summed E-state index contributed by atoms with van der Waals surface area (Å²) in [6.07, 6.45) is 2.55. The minimum Gasteiger partial charge on any atom is -0.351 e. The Kier molecular flexibility index (Phi) is 3.16. The van der Waals surface area contributed by atoms with Gasteiger partial charge in [-0.15, -0.1) is 0 Å². The molecule has 0 atom stereocenters. The Morgan fingerprint density at radius 3 is 2.67 bits per heavy atom. The topological polar surface area (TPSA) is 34.0 Å². The van der Waals surface area contributed by atoms with Crippen molar-refractivity contribution >= 4 is 22.5 Å². The minimum atomic E-state index is 0.0148. The Morgan fingerprint density at radius 1 is 1.28 bits per heavy atom. The van der Waals surface area contributed by atoms with Gasteiger partial charge in [-0.25, -0.2) is 0 Å². The second kappa shape index (κ2) is 4.48. The number of carbonyl (C=O) groups excluding carboxylic acids is 1. The zero-order valence-electron chi connectivity index (χ0n) is 11.4. The number of benzene rings is 1. The van der Waals surface area contributed by atoms with E-state index in [1.807, 2.05) is 31.4 Å². The maximum absolute atomic E-state index is 11.9. The van der Waals surface area contributed by atoms with Crippen LogP contribution in [0.5, 0.6) is 0 Å². The van der Waals surface area contributed by atoms with Gasteiger partial charge in [0.15, 0.2) is 0 Å². The van der Waals surface area contributed by atoms with Crippen LogP contribution in [0.25, 0.3) is 10.9 Å². The largest absolute Gasteiger partial charge is 0.351 e. The third-order valence-corrected chi connectivity index (χ3v) is 2.86. The predicted octanol–water partition coefficient (Wildman–Crippen LogP) is 3.55. The van der Waals surface area contributed by atoms with Crippen molar-refractivity contribution in [3.8, 4) is 0 Å². The summed E-state index contributed by atoms with van der Waals surface area (Å²) in [4.78, 5) is 11.9. The van der Waals surface area contributed by atoms with Gasteiger partial charge in [0.2, 0.25) is 5.91 Å². The number of hydrogen-bond donors (Lipinski definition) is 1. The van der Waals surface area contributed by atoms with Crippen molar-refractivity contribution in [3.63, 3.8) is 0 Å². The summed E-state index contributed by atoms with van der Waals surface area (Å²) in [6, 6.07) is 8.04. The molecule has 1 amide bonds. The quantitative estimate of drug-likeness (QED) is 0.861. The van der Waals surface area contributed by atoms with Gasteiger partial charge in [0.1, 0.15) is 0 Å². The fourth-order valence-corrected chi connectivity index (χ4v) is 2.05. The molecule has 0 spiro atoms. The Hall–Kier alpha value is -1.77. The van der Waals surface area contributed by atoms with E-state index in [0.717, 1.165) is 11.1 Å². The molecule has 1 aromatic carbocycles. The molecule has 0 bridgehead atoms. The van der Waals surface area contributed by atoms with E-state index in [1.54, 1.807) is 0 Å². The van der Waals surface area contributed by atoms with E-state index in [-0.39, 0.29) is 11.3 Å². The van der Waals surface area contributed by atoms with Crippen LogP contribution >= 0.6 is 0 Å². The molecule has 0 unspecified atom stereocenters. The first kappa shape index (κ1) is 12.7. The fourth-order valence-electron chi connectivity index (χ4n) is 2.05. The van der Waals surface area contributed by atoms with Crippen molar-refractivity contribution in [3.05, 3.63) is 30.5 Å². The number of amides is 1. The molecule has 2 aromatic rings. The van der Waals surface area contributed by atoms with E-state index >= 15 is 0 Å². The van der Waals surface area contributed by atoms with E-state index in [2.05, 4.69) is 36.7 Å². The predicted molar refractivity (Wildman–Crippen MR) is 75.6 cm³/mol. The molecule has 96 valence electrons. The third-order valence-electron chi connectivity index (χ3n) is 2.86. The van der Waals surface area contributed by atoms with E-state index in [4.69, 9.17) is 0 Å². The van der Waals surface area contributed by atoms with Crippen molar-refractivity contribution in [1.82, 2.24) is 4.57 Å². The van der Waals surface area contributed by atoms with Gasteiger partial charge in [0.25, 0.3) is 0 Å². The molecule has 1 heterocycles. The lowest BCUT2D eigenvalue weighted by molar-refractivity contribution is -0.117. The number of nitrogens with zero attached hydrogens (tertiary/aromatic N) is 1. The SMILES string of the molecule is Cn1ccc2cc(NC(=O)CC(C)(C)C)ccc21. The first-order valence-electron chi connectivity index (χ1n) is 6.20. The van der Waals surface area contributed by atoms with Crippen LogP contribution in [0.3, 0.4) is 0 Å². The second-order valence-corrected chi connectivity index (χ2v) is 5.99. The second-order valence-electron chi connectivity index (χ2n) is 5.99. The summed E-state index contributed by atoms with van der Waals surface area (Å²) in [5.41, 5.74) is 2.05. The standard InChI is InChI=1S/C15H20N2O/c1-15(2,3)10-14(18)16-12-5-6-13-11(9-12)7-8-17(13)4/h5-9H,10H2,1-4H3,(H,16,18). The van der Waals surface area contributed by atoms with Crippen LogP contribution in [0.4, 0.5) is 5.69 Å². The van der Waals surface area contributed by atoms with Gasteiger partial charge in [0, 0.05) is 36.3 Å². The van der Waals surface area contributed by atoms with Gasteiger partial charge < -0.3 is 9.88 Å². The number of hydrogen-bond acceptors (Lipinski definition) is 1. The summed E-state index contributed by atoms with van der Waals surface area (Å²) in [7, 11) is 2.01. The van der Waals surface area contributed by atoms with Crippen LogP contribution in [0.1, 0.15) is 27.2 Å². The summed E-state index contributed by atoms with van der Waals surface area (Å²) in [6.45, 7) is 6.19. The minimum absolute atomic E-state index is 0.0148. The third kappa shape index (κ3) is 2.92. The molecule has 0 aliphatic rings. The molecule has 1 aromatic heterocycles. The van der Waals surface area contributed by atoms with Crippen molar-refractivity contribution < 1.29 is 4.79 Å². The van der Waals surface area contributed by atoms with Gasteiger partial charge in [-0.3, -0.25) is 4.79 Å². The highest BCUT2D eigenvalue weighted by molar-refractivity contribution is 5.94. The number of aryl methyl sites for hydroxylation is 1. The van der Waals surface area contributed by atoms with E-state index < -0.39 is 0 Å². The van der Waals surface area contributed by atoms with E-state index in [1.165, 1.54) is 5.52 Å². The van der Waals surface area contributed by atoms with Gasteiger partial charge in [-0.2, -0.15) is 0 Å². The Bertz CT molecular complexity index is 576. The molecule has 3 heteroatoms. The summed E-state index contributed by atoms with van der Waals surface area (Å²) in [5.74, 6) is 0.0674. The molecule has 0 fully saturated rings. The van der Waals surface area contributed by atoms with Crippen LogP contribution in [-0.2, 0) is 11.8 Å². The number of nitrogens with one attached hydrogen (secondary N) is 1. The van der Waals surface area contributed by atoms with E-state index in [9.17, 15) is 4.79 Å².